The van der Waals surface area contributed by atoms with Gasteiger partial charge >= 0.3 is 4.87 Å². The van der Waals surface area contributed by atoms with Crippen LogP contribution < -0.4 is 4.87 Å². The summed E-state index contributed by atoms with van der Waals surface area (Å²) in [6.07, 6.45) is 2.22. The molecule has 1 fully saturated rings. The molecule has 0 bridgehead atoms. The lowest BCUT2D eigenvalue weighted by molar-refractivity contribution is -0.133. The normalized spacial score (nSPS) is 13.6. The van der Waals surface area contributed by atoms with Gasteiger partial charge in [-0.2, -0.15) is 0 Å². The zero-order valence-corrected chi connectivity index (χ0v) is 16.9. The number of halogens is 1. The molecule has 1 aliphatic rings. The van der Waals surface area contributed by atoms with Gasteiger partial charge in [-0.25, -0.2) is 0 Å². The van der Waals surface area contributed by atoms with Crippen LogP contribution in [0.1, 0.15) is 30.8 Å². The van der Waals surface area contributed by atoms with E-state index in [1.807, 2.05) is 24.4 Å². The molecule has 4 rings (SSSR count). The summed E-state index contributed by atoms with van der Waals surface area (Å²) in [6, 6.07) is 7.35. The summed E-state index contributed by atoms with van der Waals surface area (Å²) in [7, 11) is 0. The first kappa shape index (κ1) is 18.9. The molecular formula is C19H19ClN4O3S. The summed E-state index contributed by atoms with van der Waals surface area (Å²) in [6.45, 7) is 2.54. The first-order valence-corrected chi connectivity index (χ1v) is 10.3. The van der Waals surface area contributed by atoms with Gasteiger partial charge in [-0.05, 0) is 44.0 Å². The van der Waals surface area contributed by atoms with E-state index < -0.39 is 0 Å². The van der Waals surface area contributed by atoms with Gasteiger partial charge in [-0.3, -0.25) is 9.59 Å². The molecule has 1 saturated carbocycles. The van der Waals surface area contributed by atoms with Gasteiger partial charge in [0.2, 0.25) is 17.7 Å². The van der Waals surface area contributed by atoms with Crippen LogP contribution in [0.5, 0.6) is 0 Å². The fraction of sp³-hybridized carbons (Fsp3) is 0.368. The Bertz CT molecular complexity index is 1040. The van der Waals surface area contributed by atoms with Crippen molar-refractivity contribution in [2.75, 3.05) is 0 Å². The second kappa shape index (κ2) is 7.89. The van der Waals surface area contributed by atoms with Gasteiger partial charge in [0.15, 0.2) is 0 Å². The Morgan fingerprint density at radius 1 is 1.32 bits per heavy atom. The van der Waals surface area contributed by atoms with Crippen molar-refractivity contribution in [2.45, 2.75) is 45.3 Å². The Morgan fingerprint density at radius 2 is 2.07 bits per heavy atom. The second-order valence-corrected chi connectivity index (χ2v) is 8.06. The minimum absolute atomic E-state index is 0.00811. The largest absolute Gasteiger partial charge is 0.419 e. The van der Waals surface area contributed by atoms with Gasteiger partial charge in [0.25, 0.3) is 0 Å². The molecule has 0 spiro atoms. The van der Waals surface area contributed by atoms with Gasteiger partial charge in [0.05, 0.1) is 6.54 Å². The molecule has 0 unspecified atom stereocenters. The third-order valence-corrected chi connectivity index (χ3v) is 5.83. The minimum Gasteiger partial charge on any atom is -0.419 e. The van der Waals surface area contributed by atoms with E-state index in [1.165, 1.54) is 0 Å². The Labute approximate surface area is 170 Å². The number of thiazole rings is 1. The number of hydrogen-bond donors (Lipinski definition) is 0. The maximum absolute atomic E-state index is 12.8. The van der Waals surface area contributed by atoms with E-state index in [9.17, 15) is 9.59 Å². The number of carbonyl (C=O) groups is 1. The summed E-state index contributed by atoms with van der Waals surface area (Å²) in [4.78, 5) is 26.4. The molecule has 9 heteroatoms. The van der Waals surface area contributed by atoms with Crippen LogP contribution in [0, 0.1) is 6.92 Å². The predicted octanol–water partition coefficient (Wildman–Crippen LogP) is 3.50. The SMILES string of the molecule is Cc1csc(=O)n1CCC(=O)N(Cc1nnc(-c2ccc(Cl)cc2)o1)C1CC1. The number of aromatic nitrogens is 3. The van der Waals surface area contributed by atoms with Crippen molar-refractivity contribution in [3.8, 4) is 11.5 Å². The third kappa shape index (κ3) is 4.18. The molecule has 1 aromatic carbocycles. The second-order valence-electron chi connectivity index (χ2n) is 6.81. The minimum atomic E-state index is -0.0345. The summed E-state index contributed by atoms with van der Waals surface area (Å²) in [5, 5.41) is 10.6. The first-order valence-electron chi connectivity index (χ1n) is 9.04. The number of amides is 1. The van der Waals surface area contributed by atoms with E-state index in [0.29, 0.717) is 23.3 Å². The van der Waals surface area contributed by atoms with Gasteiger partial charge in [-0.1, -0.05) is 22.9 Å². The number of carbonyl (C=O) groups excluding carboxylic acids is 1. The molecule has 1 aliphatic carbocycles. The van der Waals surface area contributed by atoms with Crippen LogP contribution in [-0.2, 0) is 17.9 Å². The molecule has 3 aromatic rings. The van der Waals surface area contributed by atoms with E-state index in [4.69, 9.17) is 16.0 Å². The molecule has 0 atom stereocenters. The van der Waals surface area contributed by atoms with Crippen molar-refractivity contribution in [3.63, 3.8) is 0 Å². The number of benzene rings is 1. The maximum atomic E-state index is 12.8. The standard InChI is InChI=1S/C19H19ClN4O3S/c1-12-11-28-19(26)23(12)9-8-17(25)24(15-6-7-15)10-16-21-22-18(27-16)13-2-4-14(20)5-3-13/h2-5,11,15H,6-10H2,1H3. The molecule has 0 saturated heterocycles. The van der Waals surface area contributed by atoms with Crippen LogP contribution in [0.4, 0.5) is 0 Å². The number of aryl methyl sites for hydroxylation is 1. The Kier molecular flexibility index (Phi) is 5.32. The van der Waals surface area contributed by atoms with E-state index in [1.54, 1.807) is 21.6 Å². The lowest BCUT2D eigenvalue weighted by atomic mass is 10.2. The maximum Gasteiger partial charge on any atom is 0.307 e. The molecule has 0 aliphatic heterocycles. The summed E-state index contributed by atoms with van der Waals surface area (Å²) in [5.74, 6) is 0.788. The van der Waals surface area contributed by atoms with Crippen LogP contribution in [0.25, 0.3) is 11.5 Å². The Morgan fingerprint density at radius 3 is 2.71 bits per heavy atom. The molecular weight excluding hydrogens is 400 g/mol. The van der Waals surface area contributed by atoms with E-state index in [-0.39, 0.29) is 29.8 Å². The lowest BCUT2D eigenvalue weighted by Crippen LogP contribution is -2.34. The van der Waals surface area contributed by atoms with E-state index in [0.717, 1.165) is 35.4 Å². The Hall–Kier alpha value is -2.45. The van der Waals surface area contributed by atoms with Crippen molar-refractivity contribution < 1.29 is 9.21 Å². The van der Waals surface area contributed by atoms with Gasteiger partial charge in [0.1, 0.15) is 0 Å². The summed E-state index contributed by atoms with van der Waals surface area (Å²) < 4.78 is 7.38. The summed E-state index contributed by atoms with van der Waals surface area (Å²) >= 11 is 7.06. The highest BCUT2D eigenvalue weighted by Crippen LogP contribution is 2.29. The van der Waals surface area contributed by atoms with Crippen LogP contribution in [0.3, 0.4) is 0 Å². The Balaban J connectivity index is 1.43. The molecule has 2 aromatic heterocycles. The first-order chi connectivity index (χ1) is 13.5. The molecule has 0 radical (unpaired) electrons. The van der Waals surface area contributed by atoms with Gasteiger partial charge in [-0.15, -0.1) is 10.2 Å². The highest BCUT2D eigenvalue weighted by atomic mass is 35.5. The van der Waals surface area contributed by atoms with Crippen LogP contribution in [0.15, 0.2) is 38.9 Å². The quantitative estimate of drug-likeness (QED) is 0.586. The molecule has 28 heavy (non-hydrogen) atoms. The number of hydrogen-bond acceptors (Lipinski definition) is 6. The topological polar surface area (TPSA) is 81.2 Å². The smallest absolute Gasteiger partial charge is 0.307 e. The zero-order valence-electron chi connectivity index (χ0n) is 15.3. The molecule has 1 amide bonds. The zero-order chi connectivity index (χ0) is 19.7. The van der Waals surface area contributed by atoms with Crippen LogP contribution in [-0.4, -0.2) is 31.6 Å². The van der Waals surface area contributed by atoms with E-state index in [2.05, 4.69) is 10.2 Å². The molecule has 0 N–H and O–H groups in total. The molecule has 146 valence electrons. The van der Waals surface area contributed by atoms with Crippen molar-refractivity contribution >= 4 is 28.8 Å². The molecule has 7 nitrogen and oxygen atoms in total. The fourth-order valence-corrected chi connectivity index (χ4v) is 3.89. The van der Waals surface area contributed by atoms with Crippen molar-refractivity contribution in [1.29, 1.82) is 0 Å². The van der Waals surface area contributed by atoms with Crippen LogP contribution in [0.2, 0.25) is 5.02 Å². The summed E-state index contributed by atoms with van der Waals surface area (Å²) in [5.41, 5.74) is 1.66. The average molecular weight is 419 g/mol. The van der Waals surface area contributed by atoms with E-state index >= 15 is 0 Å². The van der Waals surface area contributed by atoms with Crippen LogP contribution >= 0.6 is 22.9 Å². The third-order valence-electron chi connectivity index (χ3n) is 4.70. The number of nitrogens with zero attached hydrogens (tertiary/aromatic N) is 4. The number of rotatable bonds is 7. The predicted molar refractivity (Wildman–Crippen MR) is 106 cm³/mol. The fourth-order valence-electron chi connectivity index (χ4n) is 3.01. The highest BCUT2D eigenvalue weighted by molar-refractivity contribution is 7.07. The van der Waals surface area contributed by atoms with Gasteiger partial charge < -0.3 is 13.9 Å². The molecule has 2 heterocycles. The van der Waals surface area contributed by atoms with Gasteiger partial charge in [0, 0.05) is 40.7 Å². The van der Waals surface area contributed by atoms with Crippen molar-refractivity contribution in [3.05, 3.63) is 55.9 Å². The lowest BCUT2D eigenvalue weighted by Gasteiger charge is -2.20. The average Bonchev–Trinajstić information content (AvgIpc) is 3.33. The van der Waals surface area contributed by atoms with Crippen molar-refractivity contribution in [2.24, 2.45) is 0 Å². The van der Waals surface area contributed by atoms with Crippen molar-refractivity contribution in [1.82, 2.24) is 19.7 Å². The monoisotopic (exact) mass is 418 g/mol. The highest BCUT2D eigenvalue weighted by Gasteiger charge is 2.33.